The number of rotatable bonds is 8. The molecule has 1 saturated heterocycles. The van der Waals surface area contributed by atoms with Crippen molar-refractivity contribution in [1.29, 1.82) is 0 Å². The molecule has 18 heavy (non-hydrogen) atoms. The molecule has 4 heteroatoms. The Morgan fingerprint density at radius 1 is 1.44 bits per heavy atom. The first-order valence-corrected chi connectivity index (χ1v) is 7.29. The Kier molecular flexibility index (Phi) is 7.82. The molecule has 0 bridgehead atoms. The van der Waals surface area contributed by atoms with E-state index in [-0.39, 0.29) is 0 Å². The maximum atomic E-state index is 5.39. The molecule has 0 aromatic carbocycles. The topological polar surface area (TPSA) is 27.7 Å². The molecule has 0 aliphatic carbocycles. The van der Waals surface area contributed by atoms with E-state index in [1.807, 2.05) is 0 Å². The molecule has 0 spiro atoms. The minimum atomic E-state index is 0.518. The first-order chi connectivity index (χ1) is 8.69. The monoisotopic (exact) mass is 257 g/mol. The molecule has 1 aliphatic rings. The molecule has 1 heterocycles. The first-order valence-electron chi connectivity index (χ1n) is 7.29. The lowest BCUT2D eigenvalue weighted by atomic mass is 10.0. The van der Waals surface area contributed by atoms with Gasteiger partial charge in [0.2, 0.25) is 0 Å². The largest absolute Gasteiger partial charge is 0.383 e. The van der Waals surface area contributed by atoms with Crippen molar-refractivity contribution in [3.63, 3.8) is 0 Å². The van der Waals surface area contributed by atoms with Crippen LogP contribution in [0.4, 0.5) is 0 Å². The Hall–Kier alpha value is -0.160. The van der Waals surface area contributed by atoms with E-state index in [9.17, 15) is 0 Å². The van der Waals surface area contributed by atoms with Gasteiger partial charge in [0.05, 0.1) is 6.61 Å². The lowest BCUT2D eigenvalue weighted by Gasteiger charge is -2.40. The summed E-state index contributed by atoms with van der Waals surface area (Å²) in [7, 11) is 6.18. The molecule has 2 unspecified atom stereocenters. The molecular weight excluding hydrogens is 226 g/mol. The van der Waals surface area contributed by atoms with Gasteiger partial charge in [0, 0.05) is 32.3 Å². The number of likely N-dealkylation sites (N-methyl/N-ethyl adjacent to an activating group) is 1. The normalized spacial score (nSPS) is 23.5. The van der Waals surface area contributed by atoms with Crippen molar-refractivity contribution in [2.24, 2.45) is 0 Å². The number of hydrogen-bond acceptors (Lipinski definition) is 4. The third-order valence-electron chi connectivity index (χ3n) is 3.84. The summed E-state index contributed by atoms with van der Waals surface area (Å²) >= 11 is 0. The lowest BCUT2D eigenvalue weighted by molar-refractivity contribution is 0.0489. The molecule has 1 rings (SSSR count). The summed E-state index contributed by atoms with van der Waals surface area (Å²) in [4.78, 5) is 4.95. The lowest BCUT2D eigenvalue weighted by Crippen LogP contribution is -2.53. The van der Waals surface area contributed by atoms with E-state index < -0.39 is 0 Å². The van der Waals surface area contributed by atoms with Crippen molar-refractivity contribution < 1.29 is 4.74 Å². The number of likely N-dealkylation sites (tertiary alicyclic amines) is 1. The van der Waals surface area contributed by atoms with Crippen molar-refractivity contribution >= 4 is 0 Å². The van der Waals surface area contributed by atoms with Gasteiger partial charge in [0.1, 0.15) is 0 Å². The summed E-state index contributed by atoms with van der Waals surface area (Å²) in [5, 5.41) is 3.53. The van der Waals surface area contributed by atoms with Gasteiger partial charge < -0.3 is 15.0 Å². The summed E-state index contributed by atoms with van der Waals surface area (Å²) in [5.74, 6) is 0. The van der Waals surface area contributed by atoms with Crippen LogP contribution in [0.25, 0.3) is 0 Å². The Labute approximate surface area is 113 Å². The van der Waals surface area contributed by atoms with Gasteiger partial charge in [-0.3, -0.25) is 4.90 Å². The summed E-state index contributed by atoms with van der Waals surface area (Å²) in [6.45, 7) is 7.58. The first kappa shape index (κ1) is 15.9. The van der Waals surface area contributed by atoms with Crippen molar-refractivity contribution in [1.82, 2.24) is 15.1 Å². The highest BCUT2D eigenvalue weighted by molar-refractivity contribution is 4.83. The Balaban J connectivity index is 2.44. The fraction of sp³-hybridized carbons (Fsp3) is 1.00. The van der Waals surface area contributed by atoms with Crippen LogP contribution in [0.2, 0.25) is 0 Å². The van der Waals surface area contributed by atoms with Gasteiger partial charge in [-0.15, -0.1) is 0 Å². The predicted octanol–water partition coefficient (Wildman–Crippen LogP) is 1.03. The van der Waals surface area contributed by atoms with E-state index in [0.29, 0.717) is 12.1 Å². The number of nitrogens with one attached hydrogen (secondary N) is 1. The zero-order valence-corrected chi connectivity index (χ0v) is 12.6. The standard InChI is InChI=1S/C14H31N3O/c1-5-8-15-10-14(12-18-4)17-9-6-7-13(11-17)16(2)3/h13-15H,5-12H2,1-4H3. The van der Waals surface area contributed by atoms with Gasteiger partial charge in [0.15, 0.2) is 0 Å². The maximum Gasteiger partial charge on any atom is 0.0630 e. The van der Waals surface area contributed by atoms with Crippen LogP contribution in [0.15, 0.2) is 0 Å². The minimum Gasteiger partial charge on any atom is -0.383 e. The van der Waals surface area contributed by atoms with E-state index in [2.05, 4.69) is 36.1 Å². The van der Waals surface area contributed by atoms with Crippen LogP contribution in [0.3, 0.4) is 0 Å². The van der Waals surface area contributed by atoms with E-state index in [4.69, 9.17) is 4.74 Å². The molecule has 4 nitrogen and oxygen atoms in total. The Morgan fingerprint density at radius 2 is 2.22 bits per heavy atom. The minimum absolute atomic E-state index is 0.518. The molecule has 1 fully saturated rings. The van der Waals surface area contributed by atoms with E-state index in [1.165, 1.54) is 32.4 Å². The third-order valence-corrected chi connectivity index (χ3v) is 3.84. The Bertz CT molecular complexity index is 211. The predicted molar refractivity (Wildman–Crippen MR) is 77.1 cm³/mol. The molecule has 108 valence electrons. The summed E-state index contributed by atoms with van der Waals surface area (Å²) in [6, 6.07) is 1.22. The number of methoxy groups -OCH3 is 1. The fourth-order valence-electron chi connectivity index (χ4n) is 2.67. The quantitative estimate of drug-likeness (QED) is 0.657. The van der Waals surface area contributed by atoms with Crippen molar-refractivity contribution in [3.05, 3.63) is 0 Å². The molecule has 2 atom stereocenters. The van der Waals surface area contributed by atoms with Crippen LogP contribution in [-0.4, -0.2) is 75.9 Å². The highest BCUT2D eigenvalue weighted by Gasteiger charge is 2.26. The van der Waals surface area contributed by atoms with Crippen molar-refractivity contribution in [2.45, 2.75) is 38.3 Å². The summed E-state index contributed by atoms with van der Waals surface area (Å²) in [6.07, 6.45) is 3.82. The number of piperidine rings is 1. The zero-order valence-electron chi connectivity index (χ0n) is 12.6. The molecule has 0 amide bonds. The molecule has 0 saturated carbocycles. The maximum absolute atomic E-state index is 5.39. The van der Waals surface area contributed by atoms with Crippen LogP contribution in [0.5, 0.6) is 0 Å². The van der Waals surface area contributed by atoms with Crippen molar-refractivity contribution in [3.8, 4) is 0 Å². The van der Waals surface area contributed by atoms with Gasteiger partial charge in [-0.25, -0.2) is 0 Å². The van der Waals surface area contributed by atoms with Gasteiger partial charge in [-0.05, 0) is 46.4 Å². The average Bonchev–Trinajstić information content (AvgIpc) is 2.38. The van der Waals surface area contributed by atoms with Crippen LogP contribution in [0, 0.1) is 0 Å². The number of nitrogens with zero attached hydrogens (tertiary/aromatic N) is 2. The highest BCUT2D eigenvalue weighted by atomic mass is 16.5. The molecule has 0 aromatic heterocycles. The second-order valence-corrected chi connectivity index (χ2v) is 5.57. The average molecular weight is 257 g/mol. The van der Waals surface area contributed by atoms with E-state index in [1.54, 1.807) is 7.11 Å². The van der Waals surface area contributed by atoms with Gasteiger partial charge >= 0.3 is 0 Å². The van der Waals surface area contributed by atoms with Crippen LogP contribution in [-0.2, 0) is 4.74 Å². The van der Waals surface area contributed by atoms with E-state index >= 15 is 0 Å². The van der Waals surface area contributed by atoms with Gasteiger partial charge in [-0.2, -0.15) is 0 Å². The highest BCUT2D eigenvalue weighted by Crippen LogP contribution is 2.16. The molecule has 0 aromatic rings. The smallest absolute Gasteiger partial charge is 0.0630 e. The van der Waals surface area contributed by atoms with Gasteiger partial charge in [-0.1, -0.05) is 6.92 Å². The number of hydrogen-bond donors (Lipinski definition) is 1. The fourth-order valence-corrected chi connectivity index (χ4v) is 2.67. The molecule has 0 radical (unpaired) electrons. The molecular formula is C14H31N3O. The second-order valence-electron chi connectivity index (χ2n) is 5.57. The number of ether oxygens (including phenoxy) is 1. The summed E-state index contributed by atoms with van der Waals surface area (Å²) < 4.78 is 5.39. The van der Waals surface area contributed by atoms with Crippen LogP contribution < -0.4 is 5.32 Å². The SMILES string of the molecule is CCCNCC(COC)N1CCCC(N(C)C)C1. The van der Waals surface area contributed by atoms with Crippen molar-refractivity contribution in [2.75, 3.05) is 54.0 Å². The molecule has 1 aliphatic heterocycles. The summed E-state index contributed by atoms with van der Waals surface area (Å²) in [5.41, 5.74) is 0. The zero-order chi connectivity index (χ0) is 13.4. The molecule has 1 N–H and O–H groups in total. The van der Waals surface area contributed by atoms with Crippen LogP contribution in [0.1, 0.15) is 26.2 Å². The third kappa shape index (κ3) is 5.22. The Morgan fingerprint density at radius 3 is 2.83 bits per heavy atom. The van der Waals surface area contributed by atoms with E-state index in [0.717, 1.165) is 19.7 Å². The van der Waals surface area contributed by atoms with Gasteiger partial charge in [0.25, 0.3) is 0 Å². The second kappa shape index (κ2) is 8.86. The van der Waals surface area contributed by atoms with Crippen LogP contribution >= 0.6 is 0 Å².